The highest BCUT2D eigenvalue weighted by atomic mass is 16.4. The van der Waals surface area contributed by atoms with Crippen molar-refractivity contribution >= 4 is 41.5 Å². The van der Waals surface area contributed by atoms with E-state index in [0.29, 0.717) is 5.56 Å². The summed E-state index contributed by atoms with van der Waals surface area (Å²) < 4.78 is 0. The van der Waals surface area contributed by atoms with Crippen LogP contribution in [0.5, 0.6) is 0 Å². The Balaban J connectivity index is 3.02. The molecule has 10 N–H and O–H groups in total. The van der Waals surface area contributed by atoms with Crippen molar-refractivity contribution in [1.29, 1.82) is 0 Å². The number of carbonyl (C=O) groups excluding carboxylic acids is 4. The fraction of sp³-hybridized carbons (Fsp3) is 0.381. The second-order valence-corrected chi connectivity index (χ2v) is 7.68. The van der Waals surface area contributed by atoms with Gasteiger partial charge in [0.1, 0.15) is 18.1 Å². The van der Waals surface area contributed by atoms with Crippen molar-refractivity contribution in [2.24, 2.45) is 11.5 Å². The van der Waals surface area contributed by atoms with E-state index in [2.05, 4.69) is 5.32 Å². The zero-order valence-electron chi connectivity index (χ0n) is 18.9. The number of primary amides is 1. The maximum absolute atomic E-state index is 12.7. The quantitative estimate of drug-likeness (QED) is 0.117. The predicted octanol–water partition coefficient (Wildman–Crippen LogP) is -3.08. The fourth-order valence-electron chi connectivity index (χ4n) is 2.95. The van der Waals surface area contributed by atoms with E-state index in [1.807, 2.05) is 10.6 Å². The van der Waals surface area contributed by atoms with Crippen molar-refractivity contribution in [3.63, 3.8) is 0 Å². The van der Waals surface area contributed by atoms with Gasteiger partial charge in [0.15, 0.2) is 0 Å². The number of carboxylic acids is 3. The van der Waals surface area contributed by atoms with Gasteiger partial charge < -0.3 is 42.7 Å². The Morgan fingerprint density at radius 1 is 0.694 bits per heavy atom. The molecule has 0 aromatic heterocycles. The van der Waals surface area contributed by atoms with Crippen LogP contribution in [0.25, 0.3) is 0 Å². The van der Waals surface area contributed by atoms with Crippen molar-refractivity contribution in [2.75, 3.05) is 0 Å². The van der Waals surface area contributed by atoms with Gasteiger partial charge in [-0.2, -0.15) is 0 Å². The van der Waals surface area contributed by atoms with Crippen molar-refractivity contribution in [1.82, 2.24) is 16.0 Å². The molecule has 4 amide bonds. The van der Waals surface area contributed by atoms with Gasteiger partial charge in [0, 0.05) is 6.42 Å². The number of benzene rings is 1. The minimum atomic E-state index is -1.80. The third-order valence-electron chi connectivity index (χ3n) is 4.68. The maximum atomic E-state index is 12.7. The summed E-state index contributed by atoms with van der Waals surface area (Å²) in [6, 6.07) is 1.66. The second kappa shape index (κ2) is 14.0. The summed E-state index contributed by atoms with van der Waals surface area (Å²) in [5.74, 6) is -8.89. The normalized spacial score (nSPS) is 13.8. The van der Waals surface area contributed by atoms with Gasteiger partial charge >= 0.3 is 17.9 Å². The number of hydrogen-bond acceptors (Lipinski definition) is 8. The van der Waals surface area contributed by atoms with E-state index in [0.717, 1.165) is 0 Å². The average Bonchev–Trinajstić information content (AvgIpc) is 2.77. The summed E-state index contributed by atoms with van der Waals surface area (Å²) in [4.78, 5) is 82.5. The third-order valence-corrected chi connectivity index (χ3v) is 4.68. The number of nitrogens with two attached hydrogens (primary N) is 2. The summed E-state index contributed by atoms with van der Waals surface area (Å²) in [5.41, 5.74) is 11.1. The smallest absolute Gasteiger partial charge is 0.326 e. The van der Waals surface area contributed by atoms with Crippen molar-refractivity contribution in [3.05, 3.63) is 35.9 Å². The standard InChI is InChI=1S/C21H27N5O10/c22-11(7-16(28)29)18(32)24-12(8-15(23)27)19(33)25-13(9-17(30)31)20(34)26-14(21(35)36)6-10-4-2-1-3-5-10/h1-5,11-14H,6-9,22H2,(H2,23,27)(H,24,32)(H,25,33)(H,26,34)(H,28,29)(H,30,31)(H,35,36). The first-order chi connectivity index (χ1) is 16.8. The number of carboxylic acid groups (broad SMARTS) is 3. The van der Waals surface area contributed by atoms with Crippen LogP contribution < -0.4 is 27.4 Å². The molecule has 0 saturated heterocycles. The SMILES string of the molecule is NC(=O)CC(NC(=O)C(N)CC(=O)O)C(=O)NC(CC(=O)O)C(=O)NC(Cc1ccccc1)C(=O)O. The molecule has 4 unspecified atom stereocenters. The molecule has 0 fully saturated rings. The monoisotopic (exact) mass is 509 g/mol. The van der Waals surface area contributed by atoms with Gasteiger partial charge in [0.25, 0.3) is 0 Å². The Labute approximate surface area is 204 Å². The zero-order chi connectivity index (χ0) is 27.4. The summed E-state index contributed by atoms with van der Waals surface area (Å²) in [5, 5.41) is 33.6. The molecule has 4 atom stereocenters. The number of amides is 4. The second-order valence-electron chi connectivity index (χ2n) is 7.68. The Morgan fingerprint density at radius 3 is 1.64 bits per heavy atom. The molecular weight excluding hydrogens is 482 g/mol. The summed E-state index contributed by atoms with van der Waals surface area (Å²) >= 11 is 0. The first kappa shape index (κ1) is 29.5. The first-order valence-corrected chi connectivity index (χ1v) is 10.5. The molecule has 0 saturated carbocycles. The van der Waals surface area contributed by atoms with Crippen LogP contribution in [0, 0.1) is 0 Å². The number of rotatable bonds is 15. The molecule has 0 heterocycles. The van der Waals surface area contributed by atoms with Crippen LogP contribution in [0.3, 0.4) is 0 Å². The van der Waals surface area contributed by atoms with E-state index in [1.54, 1.807) is 30.3 Å². The Hall–Kier alpha value is -4.53. The molecule has 0 bridgehead atoms. The summed E-state index contributed by atoms with van der Waals surface area (Å²) in [7, 11) is 0. The van der Waals surface area contributed by atoms with Gasteiger partial charge in [-0.25, -0.2) is 4.79 Å². The van der Waals surface area contributed by atoms with E-state index < -0.39 is 85.0 Å². The Bertz CT molecular complexity index is 1000. The molecule has 1 rings (SSSR count). The topological polar surface area (TPSA) is 268 Å². The number of carbonyl (C=O) groups is 7. The van der Waals surface area contributed by atoms with Gasteiger partial charge in [-0.1, -0.05) is 30.3 Å². The van der Waals surface area contributed by atoms with Crippen molar-refractivity contribution in [2.45, 2.75) is 49.9 Å². The minimum Gasteiger partial charge on any atom is -0.481 e. The van der Waals surface area contributed by atoms with Crippen LogP contribution in [0.15, 0.2) is 30.3 Å². The van der Waals surface area contributed by atoms with Gasteiger partial charge in [0.05, 0.1) is 25.3 Å². The molecule has 36 heavy (non-hydrogen) atoms. The molecule has 0 aliphatic heterocycles. The molecule has 1 aromatic rings. The van der Waals surface area contributed by atoms with Crippen molar-refractivity contribution < 1.29 is 48.9 Å². The molecule has 15 nitrogen and oxygen atoms in total. The maximum Gasteiger partial charge on any atom is 0.326 e. The summed E-state index contributed by atoms with van der Waals surface area (Å²) in [6.45, 7) is 0. The number of nitrogens with one attached hydrogen (secondary N) is 3. The molecule has 0 aliphatic rings. The largest absolute Gasteiger partial charge is 0.481 e. The van der Waals surface area contributed by atoms with E-state index in [1.165, 1.54) is 0 Å². The number of hydrogen-bond donors (Lipinski definition) is 8. The van der Waals surface area contributed by atoms with Gasteiger partial charge in [-0.3, -0.25) is 28.8 Å². The van der Waals surface area contributed by atoms with Gasteiger partial charge in [0.2, 0.25) is 23.6 Å². The molecule has 196 valence electrons. The highest BCUT2D eigenvalue weighted by Gasteiger charge is 2.32. The lowest BCUT2D eigenvalue weighted by Gasteiger charge is -2.24. The highest BCUT2D eigenvalue weighted by molar-refractivity contribution is 5.97. The molecule has 0 aliphatic carbocycles. The van der Waals surface area contributed by atoms with Crippen LogP contribution in [0.4, 0.5) is 0 Å². The Kier molecular flexibility index (Phi) is 11.5. The van der Waals surface area contributed by atoms with Crippen LogP contribution in [0.2, 0.25) is 0 Å². The molecule has 1 aromatic carbocycles. The van der Waals surface area contributed by atoms with E-state index >= 15 is 0 Å². The lowest BCUT2D eigenvalue weighted by Crippen LogP contribution is -2.58. The fourth-order valence-corrected chi connectivity index (χ4v) is 2.95. The van der Waals surface area contributed by atoms with E-state index in [4.69, 9.17) is 21.7 Å². The van der Waals surface area contributed by atoms with Gasteiger partial charge in [-0.05, 0) is 5.56 Å². The minimum absolute atomic E-state index is 0.141. The lowest BCUT2D eigenvalue weighted by atomic mass is 10.0. The average molecular weight is 509 g/mol. The van der Waals surface area contributed by atoms with Crippen molar-refractivity contribution in [3.8, 4) is 0 Å². The molecule has 0 spiro atoms. The van der Waals surface area contributed by atoms with Crippen LogP contribution in [0.1, 0.15) is 24.8 Å². The third kappa shape index (κ3) is 10.6. The predicted molar refractivity (Wildman–Crippen MR) is 120 cm³/mol. The van der Waals surface area contributed by atoms with E-state index in [9.17, 15) is 38.7 Å². The molecular formula is C21H27N5O10. The lowest BCUT2D eigenvalue weighted by molar-refractivity contribution is -0.143. The first-order valence-electron chi connectivity index (χ1n) is 10.5. The highest BCUT2D eigenvalue weighted by Crippen LogP contribution is 2.05. The Morgan fingerprint density at radius 2 is 1.17 bits per heavy atom. The summed E-state index contributed by atoms with van der Waals surface area (Å²) in [6.07, 6.45) is -2.69. The zero-order valence-corrected chi connectivity index (χ0v) is 18.9. The van der Waals surface area contributed by atoms with Crippen LogP contribution >= 0.6 is 0 Å². The number of aliphatic carboxylic acids is 3. The van der Waals surface area contributed by atoms with Crippen LogP contribution in [-0.2, 0) is 40.0 Å². The molecule has 15 heteroatoms. The molecule has 0 radical (unpaired) electrons. The van der Waals surface area contributed by atoms with Crippen LogP contribution in [-0.4, -0.2) is 81.0 Å². The van der Waals surface area contributed by atoms with Gasteiger partial charge in [-0.15, -0.1) is 0 Å². The van der Waals surface area contributed by atoms with E-state index in [-0.39, 0.29) is 6.42 Å².